The van der Waals surface area contributed by atoms with Gasteiger partial charge in [-0.3, -0.25) is 14.7 Å². The monoisotopic (exact) mass is 395 g/mol. The van der Waals surface area contributed by atoms with Gasteiger partial charge in [0, 0.05) is 20.1 Å². The Morgan fingerprint density at radius 1 is 1.32 bits per heavy atom. The van der Waals surface area contributed by atoms with Crippen LogP contribution >= 0.6 is 0 Å². The molecule has 1 saturated heterocycles. The third-order valence-corrected chi connectivity index (χ3v) is 4.92. The fourth-order valence-corrected chi connectivity index (χ4v) is 2.90. The van der Waals surface area contributed by atoms with Gasteiger partial charge in [0.05, 0.1) is 6.04 Å². The summed E-state index contributed by atoms with van der Waals surface area (Å²) in [6.07, 6.45) is 1.07. The van der Waals surface area contributed by atoms with Crippen LogP contribution in [0.1, 0.15) is 45.2 Å². The first-order valence-corrected chi connectivity index (χ1v) is 9.28. The van der Waals surface area contributed by atoms with Crippen LogP contribution < -0.4 is 16.0 Å². The smallest absolute Gasteiger partial charge is 0.325 e. The molecule has 0 aliphatic carbocycles. The van der Waals surface area contributed by atoms with Crippen molar-refractivity contribution >= 4 is 17.9 Å². The number of hydrogen-bond acceptors (Lipinski definition) is 3. The predicted molar refractivity (Wildman–Crippen MR) is 103 cm³/mol. The molecule has 0 spiro atoms. The number of guanidine groups is 1. The lowest BCUT2D eigenvalue weighted by molar-refractivity contribution is -0.130. The van der Waals surface area contributed by atoms with Crippen molar-refractivity contribution in [2.75, 3.05) is 20.1 Å². The van der Waals surface area contributed by atoms with Gasteiger partial charge >= 0.3 is 6.03 Å². The molecule has 7 nitrogen and oxygen atoms in total. The van der Waals surface area contributed by atoms with Gasteiger partial charge in [-0.15, -0.1) is 0 Å². The van der Waals surface area contributed by atoms with Crippen LogP contribution in [0, 0.1) is 11.6 Å². The molecular weight excluding hydrogens is 368 g/mol. The topological polar surface area (TPSA) is 85.8 Å². The summed E-state index contributed by atoms with van der Waals surface area (Å²) < 4.78 is 26.4. The quantitative estimate of drug-likeness (QED) is 0.286. The number of carbonyl (C=O) groups is 2. The van der Waals surface area contributed by atoms with E-state index in [1.54, 1.807) is 20.9 Å². The van der Waals surface area contributed by atoms with E-state index in [0.717, 1.165) is 12.1 Å². The van der Waals surface area contributed by atoms with Gasteiger partial charge in [0.1, 0.15) is 5.54 Å². The van der Waals surface area contributed by atoms with Crippen LogP contribution in [0.25, 0.3) is 0 Å². The summed E-state index contributed by atoms with van der Waals surface area (Å²) in [7, 11) is 1.59. The number of nitrogens with zero attached hydrogens (tertiary/aromatic N) is 2. The highest BCUT2D eigenvalue weighted by Crippen LogP contribution is 2.20. The zero-order chi connectivity index (χ0) is 20.9. The fraction of sp³-hybridized carbons (Fsp3) is 0.526. The molecule has 0 saturated carbocycles. The molecule has 0 bridgehead atoms. The van der Waals surface area contributed by atoms with Crippen molar-refractivity contribution in [3.05, 3.63) is 35.4 Å². The highest BCUT2D eigenvalue weighted by Gasteiger charge is 2.45. The van der Waals surface area contributed by atoms with Gasteiger partial charge < -0.3 is 16.0 Å². The minimum absolute atomic E-state index is 0.213. The van der Waals surface area contributed by atoms with Crippen molar-refractivity contribution in [3.63, 3.8) is 0 Å². The Morgan fingerprint density at radius 3 is 2.61 bits per heavy atom. The second-order valence-corrected chi connectivity index (χ2v) is 6.96. The van der Waals surface area contributed by atoms with E-state index >= 15 is 0 Å². The normalized spacial score (nSPS) is 20.9. The molecule has 154 valence electrons. The van der Waals surface area contributed by atoms with Crippen molar-refractivity contribution in [1.82, 2.24) is 20.9 Å². The SMILES string of the molecule is CCC1(C)NC(=O)N(CCCNC(=NC)NC(C)c2ccc(F)c(F)c2)C1=O. The van der Waals surface area contributed by atoms with Gasteiger partial charge in [-0.2, -0.15) is 0 Å². The first kappa shape index (κ1) is 21.6. The summed E-state index contributed by atoms with van der Waals surface area (Å²) in [5.74, 6) is -1.53. The molecule has 2 unspecified atom stereocenters. The van der Waals surface area contributed by atoms with E-state index in [2.05, 4.69) is 20.9 Å². The number of amides is 3. The average Bonchev–Trinajstić information content (AvgIpc) is 2.89. The fourth-order valence-electron chi connectivity index (χ4n) is 2.90. The highest BCUT2D eigenvalue weighted by molar-refractivity contribution is 6.06. The van der Waals surface area contributed by atoms with Crippen molar-refractivity contribution in [2.45, 2.75) is 45.2 Å². The molecule has 1 aromatic carbocycles. The number of aliphatic imine (C=N–C) groups is 1. The van der Waals surface area contributed by atoms with Gasteiger partial charge in [-0.05, 0) is 44.4 Å². The maximum atomic E-state index is 13.4. The molecule has 1 aliphatic rings. The Labute approximate surface area is 163 Å². The second kappa shape index (κ2) is 8.99. The Morgan fingerprint density at radius 2 is 2.04 bits per heavy atom. The number of urea groups is 1. The van der Waals surface area contributed by atoms with Gasteiger partial charge in [-0.25, -0.2) is 13.6 Å². The number of halogens is 2. The van der Waals surface area contributed by atoms with E-state index < -0.39 is 17.2 Å². The van der Waals surface area contributed by atoms with E-state index in [-0.39, 0.29) is 18.0 Å². The molecule has 1 heterocycles. The average molecular weight is 395 g/mol. The Hall–Kier alpha value is -2.71. The minimum atomic E-state index is -0.901. The summed E-state index contributed by atoms with van der Waals surface area (Å²) in [6, 6.07) is 3.07. The molecule has 28 heavy (non-hydrogen) atoms. The van der Waals surface area contributed by atoms with Crippen LogP contribution in [-0.4, -0.2) is 48.5 Å². The van der Waals surface area contributed by atoms with Crippen LogP contribution in [0.2, 0.25) is 0 Å². The number of imide groups is 1. The number of rotatable bonds is 7. The summed E-state index contributed by atoms with van der Waals surface area (Å²) in [6.45, 7) is 6.15. The maximum Gasteiger partial charge on any atom is 0.325 e. The maximum absolute atomic E-state index is 13.4. The Kier molecular flexibility index (Phi) is 6.93. The van der Waals surface area contributed by atoms with Gasteiger partial charge in [0.25, 0.3) is 5.91 Å². The Bertz CT molecular complexity index is 771. The second-order valence-electron chi connectivity index (χ2n) is 6.96. The number of hydrogen-bond donors (Lipinski definition) is 3. The van der Waals surface area contributed by atoms with E-state index in [0.29, 0.717) is 37.5 Å². The molecule has 1 aromatic rings. The lowest BCUT2D eigenvalue weighted by Gasteiger charge is -2.20. The molecule has 1 aliphatic heterocycles. The molecule has 9 heteroatoms. The summed E-state index contributed by atoms with van der Waals surface area (Å²) in [5.41, 5.74) is -0.248. The Balaban J connectivity index is 1.82. The predicted octanol–water partition coefficient (Wildman–Crippen LogP) is 2.30. The lowest BCUT2D eigenvalue weighted by Crippen LogP contribution is -2.43. The standard InChI is InChI=1S/C19H27F2N5O2/c1-5-19(3)16(27)26(18(28)25-19)10-6-9-23-17(22-4)24-12(2)13-7-8-14(20)15(21)11-13/h7-8,11-12H,5-6,9-10H2,1-4H3,(H,25,28)(H2,22,23,24). The van der Waals surface area contributed by atoms with E-state index in [1.165, 1.54) is 11.0 Å². The van der Waals surface area contributed by atoms with Crippen molar-refractivity contribution in [2.24, 2.45) is 4.99 Å². The van der Waals surface area contributed by atoms with Crippen LogP contribution in [0.3, 0.4) is 0 Å². The van der Waals surface area contributed by atoms with Crippen molar-refractivity contribution < 1.29 is 18.4 Å². The molecule has 2 atom stereocenters. The molecular formula is C19H27F2N5O2. The third kappa shape index (κ3) is 4.76. The number of nitrogens with one attached hydrogen (secondary N) is 3. The van der Waals surface area contributed by atoms with Crippen LogP contribution in [0.15, 0.2) is 23.2 Å². The zero-order valence-electron chi connectivity index (χ0n) is 16.6. The molecule has 3 N–H and O–H groups in total. The molecule has 0 aromatic heterocycles. The van der Waals surface area contributed by atoms with E-state index in [4.69, 9.17) is 0 Å². The first-order valence-electron chi connectivity index (χ1n) is 9.28. The highest BCUT2D eigenvalue weighted by atomic mass is 19.2. The number of benzene rings is 1. The van der Waals surface area contributed by atoms with E-state index in [9.17, 15) is 18.4 Å². The van der Waals surface area contributed by atoms with Crippen LogP contribution in [-0.2, 0) is 4.79 Å². The largest absolute Gasteiger partial charge is 0.356 e. The van der Waals surface area contributed by atoms with Gasteiger partial charge in [-0.1, -0.05) is 13.0 Å². The van der Waals surface area contributed by atoms with Crippen molar-refractivity contribution in [1.29, 1.82) is 0 Å². The van der Waals surface area contributed by atoms with Crippen molar-refractivity contribution in [3.8, 4) is 0 Å². The van der Waals surface area contributed by atoms with E-state index in [1.807, 2.05) is 6.92 Å². The summed E-state index contributed by atoms with van der Waals surface area (Å²) in [4.78, 5) is 29.6. The third-order valence-electron chi connectivity index (χ3n) is 4.92. The minimum Gasteiger partial charge on any atom is -0.356 e. The van der Waals surface area contributed by atoms with Crippen LogP contribution in [0.4, 0.5) is 13.6 Å². The zero-order valence-corrected chi connectivity index (χ0v) is 16.6. The van der Waals surface area contributed by atoms with Gasteiger partial charge in [0.15, 0.2) is 17.6 Å². The molecule has 2 rings (SSSR count). The lowest BCUT2D eigenvalue weighted by atomic mass is 9.99. The molecule has 1 fully saturated rings. The number of carbonyl (C=O) groups excluding carboxylic acids is 2. The van der Waals surface area contributed by atoms with Crippen LogP contribution in [0.5, 0.6) is 0 Å². The molecule has 0 radical (unpaired) electrons. The molecule has 3 amide bonds. The summed E-state index contributed by atoms with van der Waals surface area (Å²) >= 11 is 0. The summed E-state index contributed by atoms with van der Waals surface area (Å²) in [5, 5.41) is 8.89. The first-order chi connectivity index (χ1) is 13.2. The van der Waals surface area contributed by atoms with Gasteiger partial charge in [0.2, 0.25) is 0 Å².